The van der Waals surface area contributed by atoms with Crippen LogP contribution in [0, 0.1) is 5.92 Å². The summed E-state index contributed by atoms with van der Waals surface area (Å²) in [4.78, 5) is 35.7. The second kappa shape index (κ2) is 9.26. The van der Waals surface area contributed by atoms with Crippen LogP contribution in [0.5, 0.6) is 0 Å². The predicted molar refractivity (Wildman–Crippen MR) is 127 cm³/mol. The molecule has 0 saturated carbocycles. The van der Waals surface area contributed by atoms with Crippen LogP contribution in [0.25, 0.3) is 11.2 Å². The van der Waals surface area contributed by atoms with Crippen LogP contribution < -0.4 is 16.6 Å². The summed E-state index contributed by atoms with van der Waals surface area (Å²) in [5.41, 5.74) is 6.43. The van der Waals surface area contributed by atoms with E-state index in [0.29, 0.717) is 6.61 Å². The molecule has 3 heterocycles. The summed E-state index contributed by atoms with van der Waals surface area (Å²) in [7, 11) is -0.415. The van der Waals surface area contributed by atoms with E-state index in [2.05, 4.69) is 54.1 Å². The number of aromatic amines is 1. The minimum Gasteiger partial charge on any atom is -0.414 e. The molecule has 0 spiro atoms. The van der Waals surface area contributed by atoms with E-state index in [1.54, 1.807) is 25.5 Å². The van der Waals surface area contributed by atoms with E-state index in [1.165, 1.54) is 6.33 Å². The van der Waals surface area contributed by atoms with E-state index in [-0.39, 0.29) is 34.0 Å². The number of nitrogens with two attached hydrogens (primary N) is 1. The summed E-state index contributed by atoms with van der Waals surface area (Å²) in [6.07, 6.45) is -0.0196. The quantitative estimate of drug-likeness (QED) is 0.510. The van der Waals surface area contributed by atoms with E-state index < -0.39 is 38.4 Å². The Bertz CT molecular complexity index is 1060. The molecule has 3 rings (SSSR count). The van der Waals surface area contributed by atoms with Crippen molar-refractivity contribution in [2.24, 2.45) is 11.7 Å². The van der Waals surface area contributed by atoms with Gasteiger partial charge >= 0.3 is 0 Å². The van der Waals surface area contributed by atoms with Gasteiger partial charge < -0.3 is 19.6 Å². The predicted octanol–water partition coefficient (Wildman–Crippen LogP) is 1.98. The molecule has 4 N–H and O–H groups in total. The molecule has 33 heavy (non-hydrogen) atoms. The Hall–Kier alpha value is -2.12. The van der Waals surface area contributed by atoms with Crippen molar-refractivity contribution < 1.29 is 18.7 Å². The molecule has 0 unspecified atom stereocenters. The van der Waals surface area contributed by atoms with Gasteiger partial charge in [0.2, 0.25) is 11.9 Å². The number of rotatable bonds is 7. The smallest absolute Gasteiger partial charge is 0.280 e. The zero-order valence-corrected chi connectivity index (χ0v) is 21.6. The number of nitrogens with one attached hydrogen (secondary N) is 2. The third-order valence-corrected chi connectivity index (χ3v) is 11.0. The van der Waals surface area contributed by atoms with E-state index in [1.807, 2.05) is 0 Å². The van der Waals surface area contributed by atoms with E-state index in [4.69, 9.17) is 19.6 Å². The van der Waals surface area contributed by atoms with Crippen LogP contribution in [0.4, 0.5) is 5.95 Å². The van der Waals surface area contributed by atoms with Gasteiger partial charge in [-0.15, -0.1) is 0 Å². The van der Waals surface area contributed by atoms with Crippen molar-refractivity contribution in [1.82, 2.24) is 19.5 Å². The first-order chi connectivity index (χ1) is 15.3. The van der Waals surface area contributed by atoms with Crippen molar-refractivity contribution in [2.45, 2.75) is 77.2 Å². The summed E-state index contributed by atoms with van der Waals surface area (Å²) in [5, 5.41) is 2.67. The summed E-state index contributed by atoms with van der Waals surface area (Å²) in [6, 6.07) is -0.546. The fraction of sp³-hybridized carbons (Fsp3) is 0.714. The summed E-state index contributed by atoms with van der Waals surface area (Å²) >= 11 is 0. The molecule has 11 nitrogen and oxygen atoms in total. The second-order valence-corrected chi connectivity index (χ2v) is 15.1. The van der Waals surface area contributed by atoms with Crippen LogP contribution in [0.1, 0.15) is 40.8 Å². The highest BCUT2D eigenvalue weighted by Gasteiger charge is 2.46. The second-order valence-electron chi connectivity index (χ2n) is 10.3. The zero-order valence-electron chi connectivity index (χ0n) is 20.6. The Kier molecular flexibility index (Phi) is 7.15. The molecular formula is C21H36N6O5Si. The Labute approximate surface area is 194 Å². The van der Waals surface area contributed by atoms with Gasteiger partial charge in [-0.05, 0) is 18.1 Å². The van der Waals surface area contributed by atoms with Gasteiger partial charge in [0, 0.05) is 13.0 Å². The first-order valence-electron chi connectivity index (χ1n) is 11.1. The molecule has 1 saturated heterocycles. The average Bonchev–Trinajstić information content (AvgIpc) is 3.26. The van der Waals surface area contributed by atoms with Crippen LogP contribution in [0.15, 0.2) is 11.1 Å². The molecule has 0 aliphatic carbocycles. The maximum absolute atomic E-state index is 12.5. The number of ether oxygens (including phenoxy) is 2. The van der Waals surface area contributed by atoms with Gasteiger partial charge in [-0.2, -0.15) is 4.98 Å². The highest BCUT2D eigenvalue weighted by atomic mass is 28.4. The third-order valence-electron chi connectivity index (χ3n) is 6.55. The van der Waals surface area contributed by atoms with E-state index >= 15 is 0 Å². The van der Waals surface area contributed by atoms with Gasteiger partial charge in [0.15, 0.2) is 25.7 Å². The van der Waals surface area contributed by atoms with Crippen LogP contribution in [0.2, 0.25) is 18.1 Å². The van der Waals surface area contributed by atoms with Crippen molar-refractivity contribution >= 4 is 31.3 Å². The molecule has 184 valence electrons. The lowest BCUT2D eigenvalue weighted by molar-refractivity contribution is -0.118. The van der Waals surface area contributed by atoms with Gasteiger partial charge in [-0.3, -0.25) is 24.5 Å². The van der Waals surface area contributed by atoms with Gasteiger partial charge in [0.25, 0.3) is 5.56 Å². The fourth-order valence-electron chi connectivity index (χ4n) is 3.39. The fourth-order valence-corrected chi connectivity index (χ4v) is 4.40. The molecular weight excluding hydrogens is 444 g/mol. The lowest BCUT2D eigenvalue weighted by Gasteiger charge is -2.37. The molecule has 2 aromatic heterocycles. The minimum absolute atomic E-state index is 0.0422. The van der Waals surface area contributed by atoms with E-state index in [0.717, 1.165) is 0 Å². The number of hydrogen-bond acceptors (Lipinski definition) is 8. The topological polar surface area (TPSA) is 146 Å². The molecule has 0 aromatic carbocycles. The molecule has 0 bridgehead atoms. The molecule has 0 radical (unpaired) electrons. The minimum atomic E-state index is -2.00. The number of H-pyrrole nitrogens is 1. The average molecular weight is 481 g/mol. The van der Waals surface area contributed by atoms with Gasteiger partial charge in [-0.25, -0.2) is 4.98 Å². The SMILES string of the molecule is CO[C@H]1[C@@H](N)[C@H](n2cnc3c(=O)[nH]c(NC(=O)C(C)C)nc32)O[C@@H]1CO[Si](C)(C)C(C)(C)C. The number of fused-ring (bicyclic) bond motifs is 1. The first-order valence-corrected chi connectivity index (χ1v) is 14.0. The molecule has 1 fully saturated rings. The third kappa shape index (κ3) is 5.04. The normalized spacial score (nSPS) is 24.1. The Morgan fingerprint density at radius 1 is 1.39 bits per heavy atom. The summed E-state index contributed by atoms with van der Waals surface area (Å²) in [5.74, 6) is -0.494. The number of methoxy groups -OCH3 is 1. The highest BCUT2D eigenvalue weighted by molar-refractivity contribution is 6.74. The van der Waals surface area contributed by atoms with Crippen LogP contribution in [-0.2, 0) is 18.7 Å². The Morgan fingerprint density at radius 3 is 2.64 bits per heavy atom. The van der Waals surface area contributed by atoms with Crippen LogP contribution in [0.3, 0.4) is 0 Å². The van der Waals surface area contributed by atoms with Crippen molar-refractivity contribution in [3.8, 4) is 0 Å². The number of imidazole rings is 1. The number of anilines is 1. The van der Waals surface area contributed by atoms with Crippen LogP contribution in [-0.4, -0.2) is 65.7 Å². The van der Waals surface area contributed by atoms with Crippen molar-refractivity contribution in [1.29, 1.82) is 0 Å². The van der Waals surface area contributed by atoms with Gasteiger partial charge in [0.1, 0.15) is 12.2 Å². The summed E-state index contributed by atoms with van der Waals surface area (Å²) < 4.78 is 19.9. The highest BCUT2D eigenvalue weighted by Crippen LogP contribution is 2.38. The Morgan fingerprint density at radius 2 is 2.06 bits per heavy atom. The number of hydrogen-bond donors (Lipinski definition) is 3. The summed E-state index contributed by atoms with van der Waals surface area (Å²) in [6.45, 7) is 14.7. The molecule has 2 aromatic rings. The van der Waals surface area contributed by atoms with E-state index in [9.17, 15) is 9.59 Å². The number of carbonyl (C=O) groups is 1. The molecule has 1 amide bonds. The molecule has 12 heteroatoms. The van der Waals surface area contributed by atoms with Crippen molar-refractivity contribution in [2.75, 3.05) is 19.0 Å². The van der Waals surface area contributed by atoms with Crippen molar-refractivity contribution in [3.63, 3.8) is 0 Å². The largest absolute Gasteiger partial charge is 0.414 e. The molecule has 1 aliphatic rings. The monoisotopic (exact) mass is 480 g/mol. The number of amides is 1. The maximum atomic E-state index is 12.5. The van der Waals surface area contributed by atoms with Gasteiger partial charge in [-0.1, -0.05) is 34.6 Å². The molecule has 1 aliphatic heterocycles. The number of carbonyl (C=O) groups excluding carboxylic acids is 1. The number of nitrogens with zero attached hydrogens (tertiary/aromatic N) is 3. The maximum Gasteiger partial charge on any atom is 0.280 e. The molecule has 4 atom stereocenters. The number of aromatic nitrogens is 4. The van der Waals surface area contributed by atoms with Crippen molar-refractivity contribution in [3.05, 3.63) is 16.7 Å². The Balaban J connectivity index is 1.89. The zero-order chi connectivity index (χ0) is 24.7. The lowest BCUT2D eigenvalue weighted by atomic mass is 10.1. The van der Waals surface area contributed by atoms with Gasteiger partial charge in [0.05, 0.1) is 19.0 Å². The first kappa shape index (κ1) is 25.5. The van der Waals surface area contributed by atoms with Crippen LogP contribution >= 0.6 is 0 Å². The lowest BCUT2D eigenvalue weighted by Crippen LogP contribution is -2.46. The standard InChI is InChI=1S/C21H36N6O5Si/c1-11(2)17(28)25-20-24-16-14(18(29)26-20)23-10-27(16)19-13(22)15(30-6)12(32-19)9-31-33(7,8)21(3,4)5/h10-13,15,19H,9,22H2,1-8H3,(H2,24,25,26,28,29)/t12-,13-,15-,19-/m1/s1.